The number of nitrogens with one attached hydrogen (secondary N) is 1. The van der Waals surface area contributed by atoms with Gasteiger partial charge in [-0.15, -0.1) is 12.4 Å². The molecule has 0 spiro atoms. The molecule has 0 heterocycles. The molecular weight excluding hydrogens is 489 g/mol. The molecule has 0 aliphatic carbocycles. The molecule has 0 aromatic heterocycles. The maximum Gasteiger partial charge on any atom is 0.339 e. The van der Waals surface area contributed by atoms with Crippen LogP contribution in [0.3, 0.4) is 0 Å². The van der Waals surface area contributed by atoms with Gasteiger partial charge < -0.3 is 25.0 Å². The fourth-order valence-electron chi connectivity index (χ4n) is 3.62. The maximum absolute atomic E-state index is 11.5. The number of benzene rings is 3. The van der Waals surface area contributed by atoms with Crippen molar-refractivity contribution in [1.29, 1.82) is 0 Å². The van der Waals surface area contributed by atoms with Crippen molar-refractivity contribution >= 4 is 30.0 Å². The molecule has 8 heteroatoms. The second kappa shape index (κ2) is 14.7. The molecule has 1 atom stereocenters. The van der Waals surface area contributed by atoms with Crippen LogP contribution in [0.1, 0.15) is 34.5 Å². The lowest BCUT2D eigenvalue weighted by Crippen LogP contribution is -2.26. The number of aliphatic hydroxyl groups excluding tert-OH is 1. The molecule has 0 aliphatic rings. The Morgan fingerprint density at radius 1 is 1.03 bits per heavy atom. The number of hydrogen-bond acceptors (Lipinski definition) is 5. The number of halogens is 2. The number of carbonyl (C=O) groups is 1. The molecule has 0 saturated heterocycles. The number of carboxylic acid groups (broad SMARTS) is 1. The normalized spacial score (nSPS) is 11.5. The highest BCUT2D eigenvalue weighted by molar-refractivity contribution is 6.30. The fourth-order valence-corrected chi connectivity index (χ4v) is 3.82. The first-order chi connectivity index (χ1) is 16.5. The first kappa shape index (κ1) is 28.6. The maximum atomic E-state index is 11.5. The topological polar surface area (TPSA) is 88.0 Å². The van der Waals surface area contributed by atoms with Crippen molar-refractivity contribution in [3.63, 3.8) is 0 Å². The van der Waals surface area contributed by atoms with Crippen molar-refractivity contribution in [1.82, 2.24) is 5.32 Å². The highest BCUT2D eigenvalue weighted by Gasteiger charge is 2.13. The number of aromatic carboxylic acids is 1. The van der Waals surface area contributed by atoms with E-state index < -0.39 is 5.97 Å². The molecule has 0 fully saturated rings. The molecule has 35 heavy (non-hydrogen) atoms. The average molecular weight is 520 g/mol. The molecule has 0 amide bonds. The molecule has 0 aliphatic heterocycles. The highest BCUT2D eigenvalue weighted by Crippen LogP contribution is 2.28. The van der Waals surface area contributed by atoms with E-state index in [1.165, 1.54) is 0 Å². The van der Waals surface area contributed by atoms with Gasteiger partial charge in [0.1, 0.15) is 17.9 Å². The second-order valence-electron chi connectivity index (χ2n) is 7.75. The lowest BCUT2D eigenvalue weighted by Gasteiger charge is -2.17. The van der Waals surface area contributed by atoms with E-state index in [-0.39, 0.29) is 37.2 Å². The Kier molecular flexibility index (Phi) is 12.0. The van der Waals surface area contributed by atoms with Crippen LogP contribution in [0.4, 0.5) is 0 Å². The predicted molar refractivity (Wildman–Crippen MR) is 141 cm³/mol. The third-order valence-electron chi connectivity index (χ3n) is 5.43. The van der Waals surface area contributed by atoms with Gasteiger partial charge in [0, 0.05) is 11.6 Å². The van der Waals surface area contributed by atoms with E-state index in [4.69, 9.17) is 21.1 Å². The first-order valence-corrected chi connectivity index (χ1v) is 11.7. The minimum absolute atomic E-state index is 0. The van der Waals surface area contributed by atoms with Crippen molar-refractivity contribution in [3.05, 3.63) is 88.4 Å². The van der Waals surface area contributed by atoms with Crippen LogP contribution in [-0.4, -0.2) is 49.2 Å². The fraction of sp³-hybridized carbons (Fsp3) is 0.296. The molecule has 188 valence electrons. The van der Waals surface area contributed by atoms with Gasteiger partial charge in [0.05, 0.1) is 19.3 Å². The lowest BCUT2D eigenvalue weighted by atomic mass is 10.0. The molecule has 3 aromatic rings. The summed E-state index contributed by atoms with van der Waals surface area (Å²) in [7, 11) is 0. The predicted octanol–water partition coefficient (Wildman–Crippen LogP) is 5.41. The van der Waals surface area contributed by atoms with E-state index >= 15 is 0 Å². The molecule has 0 radical (unpaired) electrons. The summed E-state index contributed by atoms with van der Waals surface area (Å²) in [5.41, 5.74) is 4.07. The summed E-state index contributed by atoms with van der Waals surface area (Å²) in [5.74, 6) is -0.700. The largest absolute Gasteiger partial charge is 0.490 e. The standard InChI is InChI=1S/C27H30ClNO5.ClH/c1-2-33-14-15-34-26-17-21(10-11-24(26)27(31)32)20-8-6-19(7-9-20)12-13-29-25(18-30)22-4-3-5-23(28)16-22;/h3-11,16-17,25,29-30H,2,12-15,18H2,1H3,(H,31,32);1H. The molecule has 3 N–H and O–H groups in total. The molecule has 0 saturated carbocycles. The van der Waals surface area contributed by atoms with Crippen molar-refractivity contribution in [2.45, 2.75) is 19.4 Å². The first-order valence-electron chi connectivity index (χ1n) is 11.3. The van der Waals surface area contributed by atoms with Crippen LogP contribution in [-0.2, 0) is 11.2 Å². The van der Waals surface area contributed by atoms with Gasteiger partial charge in [0.15, 0.2) is 0 Å². The van der Waals surface area contributed by atoms with Gasteiger partial charge >= 0.3 is 5.97 Å². The summed E-state index contributed by atoms with van der Waals surface area (Å²) in [6, 6.07) is 20.5. The number of aliphatic hydroxyl groups is 1. The zero-order valence-electron chi connectivity index (χ0n) is 19.6. The van der Waals surface area contributed by atoms with Crippen molar-refractivity contribution in [2.75, 3.05) is 33.0 Å². The van der Waals surface area contributed by atoms with E-state index in [1.807, 2.05) is 55.5 Å². The zero-order chi connectivity index (χ0) is 24.3. The summed E-state index contributed by atoms with van der Waals surface area (Å²) in [4.78, 5) is 11.5. The summed E-state index contributed by atoms with van der Waals surface area (Å²) >= 11 is 6.06. The average Bonchev–Trinajstić information content (AvgIpc) is 2.84. The van der Waals surface area contributed by atoms with Crippen molar-refractivity contribution < 1.29 is 24.5 Å². The Morgan fingerprint density at radius 2 is 1.77 bits per heavy atom. The van der Waals surface area contributed by atoms with Gasteiger partial charge in [0.2, 0.25) is 0 Å². The van der Waals surface area contributed by atoms with Crippen LogP contribution in [0.5, 0.6) is 5.75 Å². The summed E-state index contributed by atoms with van der Waals surface area (Å²) in [6.45, 7) is 3.85. The van der Waals surface area contributed by atoms with Crippen LogP contribution in [0.15, 0.2) is 66.7 Å². The Labute approximate surface area is 217 Å². The number of rotatable bonds is 13. The van der Waals surface area contributed by atoms with Gasteiger partial charge in [-0.05, 0) is 66.4 Å². The molecule has 1 unspecified atom stereocenters. The molecule has 6 nitrogen and oxygen atoms in total. The molecule has 3 aromatic carbocycles. The molecule has 3 rings (SSSR count). The minimum atomic E-state index is -1.03. The minimum Gasteiger partial charge on any atom is -0.490 e. The number of hydrogen-bond donors (Lipinski definition) is 3. The highest BCUT2D eigenvalue weighted by atomic mass is 35.5. The van der Waals surface area contributed by atoms with Gasteiger partial charge in [-0.1, -0.05) is 54.1 Å². The van der Waals surface area contributed by atoms with Gasteiger partial charge in [-0.2, -0.15) is 0 Å². The molecular formula is C27H31Cl2NO5. The van der Waals surface area contributed by atoms with E-state index in [0.29, 0.717) is 30.5 Å². The Hall–Kier alpha value is -2.61. The monoisotopic (exact) mass is 519 g/mol. The Bertz CT molecular complexity index is 1080. The van der Waals surface area contributed by atoms with Crippen molar-refractivity contribution in [2.24, 2.45) is 0 Å². The van der Waals surface area contributed by atoms with Crippen LogP contribution in [0.25, 0.3) is 11.1 Å². The number of ether oxygens (including phenoxy) is 2. The van der Waals surface area contributed by atoms with Crippen LogP contribution < -0.4 is 10.1 Å². The van der Waals surface area contributed by atoms with Gasteiger partial charge in [-0.25, -0.2) is 4.79 Å². The Morgan fingerprint density at radius 3 is 2.43 bits per heavy atom. The second-order valence-corrected chi connectivity index (χ2v) is 8.19. The van der Waals surface area contributed by atoms with E-state index in [9.17, 15) is 15.0 Å². The van der Waals surface area contributed by atoms with Gasteiger partial charge in [0.25, 0.3) is 0 Å². The molecule has 0 bridgehead atoms. The lowest BCUT2D eigenvalue weighted by molar-refractivity contribution is 0.0687. The number of carboxylic acids is 1. The van der Waals surface area contributed by atoms with Crippen LogP contribution >= 0.6 is 24.0 Å². The Balaban J connectivity index is 0.00000432. The third kappa shape index (κ3) is 8.53. The van der Waals surface area contributed by atoms with E-state index in [0.717, 1.165) is 28.7 Å². The SMILES string of the molecule is CCOCCOc1cc(-c2ccc(CCNC(CO)c3cccc(Cl)c3)cc2)ccc1C(=O)O.Cl. The zero-order valence-corrected chi connectivity index (χ0v) is 21.1. The van der Waals surface area contributed by atoms with Crippen LogP contribution in [0, 0.1) is 0 Å². The third-order valence-corrected chi connectivity index (χ3v) is 5.66. The van der Waals surface area contributed by atoms with Crippen molar-refractivity contribution in [3.8, 4) is 16.9 Å². The summed E-state index contributed by atoms with van der Waals surface area (Å²) < 4.78 is 10.9. The van der Waals surface area contributed by atoms with Crippen LogP contribution in [0.2, 0.25) is 5.02 Å². The van der Waals surface area contributed by atoms with Gasteiger partial charge in [-0.3, -0.25) is 0 Å². The smallest absolute Gasteiger partial charge is 0.339 e. The quantitative estimate of drug-likeness (QED) is 0.262. The summed E-state index contributed by atoms with van der Waals surface area (Å²) in [5, 5.41) is 23.2. The summed E-state index contributed by atoms with van der Waals surface area (Å²) in [6.07, 6.45) is 0.793. The van der Waals surface area contributed by atoms with E-state index in [1.54, 1.807) is 18.2 Å². The van der Waals surface area contributed by atoms with E-state index in [2.05, 4.69) is 5.32 Å².